The Balaban J connectivity index is 0.00000288. The number of thiophene rings is 1. The predicted octanol–water partition coefficient (Wildman–Crippen LogP) is 3.95. The predicted molar refractivity (Wildman–Crippen MR) is 109 cm³/mol. The van der Waals surface area contributed by atoms with E-state index in [-0.39, 0.29) is 41.6 Å². The summed E-state index contributed by atoms with van der Waals surface area (Å²) < 4.78 is 19.1. The molecule has 0 bridgehead atoms. The van der Waals surface area contributed by atoms with Crippen LogP contribution >= 0.6 is 35.3 Å². The third-order valence-corrected chi connectivity index (χ3v) is 4.17. The van der Waals surface area contributed by atoms with E-state index in [0.29, 0.717) is 12.5 Å². The Kier molecular flexibility index (Phi) is 9.05. The lowest BCUT2D eigenvalue weighted by Crippen LogP contribution is -2.41. The molecule has 0 aliphatic rings. The molecule has 0 amide bonds. The lowest BCUT2D eigenvalue weighted by atomic mass is 10.3. The summed E-state index contributed by atoms with van der Waals surface area (Å²) in [4.78, 5) is 6.72. The lowest BCUT2D eigenvalue weighted by molar-refractivity contribution is 0.214. The molecule has 1 heterocycles. The highest BCUT2D eigenvalue weighted by molar-refractivity contribution is 14.0. The van der Waals surface area contributed by atoms with Crippen LogP contribution in [0.5, 0.6) is 5.75 Å². The van der Waals surface area contributed by atoms with Crippen LogP contribution in [0.1, 0.15) is 16.7 Å². The number of hydrogen-bond donors (Lipinski definition) is 2. The first-order valence-electron chi connectivity index (χ1n) is 7.49. The summed E-state index contributed by atoms with van der Waals surface area (Å²) in [5.74, 6) is 0.605. The summed E-state index contributed by atoms with van der Waals surface area (Å²) >= 11 is 1.76. The molecule has 4 nitrogen and oxygen atoms in total. The molecule has 132 valence electrons. The molecule has 0 fully saturated rings. The summed E-state index contributed by atoms with van der Waals surface area (Å²) in [5, 5.41) is 6.43. The number of nitrogens with zero attached hydrogens (tertiary/aromatic N) is 1. The normalized spacial score (nSPS) is 12.2. The number of aliphatic imine (C=N–C) groups is 1. The van der Waals surface area contributed by atoms with Crippen molar-refractivity contribution < 1.29 is 9.13 Å². The van der Waals surface area contributed by atoms with E-state index in [1.165, 1.54) is 15.8 Å². The van der Waals surface area contributed by atoms with Gasteiger partial charge in [-0.15, -0.1) is 35.3 Å². The van der Waals surface area contributed by atoms with Crippen molar-refractivity contribution >= 4 is 41.3 Å². The van der Waals surface area contributed by atoms with E-state index in [9.17, 15) is 4.39 Å². The number of rotatable bonds is 6. The van der Waals surface area contributed by atoms with Gasteiger partial charge in [-0.05, 0) is 38.1 Å². The van der Waals surface area contributed by atoms with Crippen molar-refractivity contribution in [3.8, 4) is 5.75 Å². The summed E-state index contributed by atoms with van der Waals surface area (Å²) in [5.41, 5.74) is 0. The Morgan fingerprint density at radius 3 is 2.62 bits per heavy atom. The van der Waals surface area contributed by atoms with Crippen LogP contribution < -0.4 is 15.4 Å². The average Bonchev–Trinajstić information content (AvgIpc) is 2.95. The van der Waals surface area contributed by atoms with E-state index in [4.69, 9.17) is 4.74 Å². The summed E-state index contributed by atoms with van der Waals surface area (Å²) in [6.07, 6.45) is -0.186. The van der Waals surface area contributed by atoms with E-state index < -0.39 is 0 Å². The van der Waals surface area contributed by atoms with Crippen molar-refractivity contribution in [2.24, 2.45) is 4.99 Å². The van der Waals surface area contributed by atoms with Gasteiger partial charge in [0.2, 0.25) is 0 Å². The molecule has 24 heavy (non-hydrogen) atoms. The van der Waals surface area contributed by atoms with Crippen LogP contribution in [-0.2, 0) is 6.54 Å². The third-order valence-electron chi connectivity index (χ3n) is 3.17. The minimum atomic E-state index is -0.352. The van der Waals surface area contributed by atoms with Gasteiger partial charge in [0.1, 0.15) is 6.10 Å². The molecule has 7 heteroatoms. The maximum absolute atomic E-state index is 13.5. The van der Waals surface area contributed by atoms with E-state index in [1.54, 1.807) is 36.6 Å². The summed E-state index contributed by atoms with van der Waals surface area (Å²) in [6.45, 7) is 5.22. The molecule has 0 aliphatic heterocycles. The molecule has 0 spiro atoms. The van der Waals surface area contributed by atoms with Crippen molar-refractivity contribution in [2.75, 3.05) is 13.6 Å². The number of hydrogen-bond acceptors (Lipinski definition) is 3. The second-order valence-corrected chi connectivity index (χ2v) is 6.55. The molecule has 1 unspecified atom stereocenters. The molecule has 0 saturated heterocycles. The molecular weight excluding hydrogens is 440 g/mol. The summed E-state index contributed by atoms with van der Waals surface area (Å²) in [6, 6.07) is 10.6. The highest BCUT2D eigenvalue weighted by Gasteiger charge is 2.09. The topological polar surface area (TPSA) is 45.7 Å². The van der Waals surface area contributed by atoms with E-state index in [1.807, 2.05) is 6.92 Å². The van der Waals surface area contributed by atoms with Gasteiger partial charge in [-0.3, -0.25) is 4.99 Å². The molecule has 0 aliphatic carbocycles. The van der Waals surface area contributed by atoms with E-state index >= 15 is 0 Å². The molecule has 1 aromatic carbocycles. The highest BCUT2D eigenvalue weighted by atomic mass is 127. The largest absolute Gasteiger partial charge is 0.486 e. The quantitative estimate of drug-likeness (QED) is 0.388. The van der Waals surface area contributed by atoms with Crippen LogP contribution in [0.2, 0.25) is 0 Å². The maximum Gasteiger partial charge on any atom is 0.191 e. The fourth-order valence-corrected chi connectivity index (χ4v) is 2.84. The van der Waals surface area contributed by atoms with Crippen LogP contribution in [0.25, 0.3) is 0 Å². The van der Waals surface area contributed by atoms with Gasteiger partial charge in [0.25, 0.3) is 0 Å². The van der Waals surface area contributed by atoms with Crippen molar-refractivity contribution in [3.05, 3.63) is 52.0 Å². The highest BCUT2D eigenvalue weighted by Crippen LogP contribution is 2.17. The zero-order chi connectivity index (χ0) is 16.7. The fourth-order valence-electron chi connectivity index (χ4n) is 2.01. The molecule has 2 N–H and O–H groups in total. The van der Waals surface area contributed by atoms with Crippen molar-refractivity contribution in [3.63, 3.8) is 0 Å². The van der Waals surface area contributed by atoms with Gasteiger partial charge in [-0.25, -0.2) is 4.39 Å². The Morgan fingerprint density at radius 2 is 2.00 bits per heavy atom. The first-order valence-corrected chi connectivity index (χ1v) is 8.31. The van der Waals surface area contributed by atoms with Gasteiger partial charge in [-0.2, -0.15) is 0 Å². The minimum absolute atomic E-state index is 0. The average molecular weight is 463 g/mol. The van der Waals surface area contributed by atoms with Crippen LogP contribution in [-0.4, -0.2) is 25.7 Å². The van der Waals surface area contributed by atoms with Crippen LogP contribution in [0.15, 0.2) is 41.4 Å². The number of aryl methyl sites for hydroxylation is 1. The SMILES string of the molecule is CN=C(NCc1ccc(C)s1)NCC(C)Oc1ccccc1F.I. The fraction of sp³-hybridized carbons (Fsp3) is 0.353. The van der Waals surface area contributed by atoms with Gasteiger partial charge in [-0.1, -0.05) is 12.1 Å². The smallest absolute Gasteiger partial charge is 0.191 e. The van der Waals surface area contributed by atoms with Crippen LogP contribution in [0.4, 0.5) is 4.39 Å². The molecule has 0 radical (unpaired) electrons. The monoisotopic (exact) mass is 463 g/mol. The molecule has 1 aromatic heterocycles. The Labute approximate surface area is 163 Å². The molecule has 2 aromatic rings. The van der Waals surface area contributed by atoms with Crippen molar-refractivity contribution in [2.45, 2.75) is 26.5 Å². The van der Waals surface area contributed by atoms with Gasteiger partial charge in [0, 0.05) is 16.8 Å². The number of halogens is 2. The number of para-hydroxylation sites is 1. The Hall–Kier alpha value is -1.35. The van der Waals surface area contributed by atoms with E-state index in [0.717, 1.165) is 6.54 Å². The summed E-state index contributed by atoms with van der Waals surface area (Å²) in [7, 11) is 1.72. The molecule has 0 saturated carbocycles. The second-order valence-electron chi connectivity index (χ2n) is 5.18. The molecule has 2 rings (SSSR count). The van der Waals surface area contributed by atoms with E-state index in [2.05, 4.69) is 34.7 Å². The zero-order valence-electron chi connectivity index (χ0n) is 14.0. The van der Waals surface area contributed by atoms with Gasteiger partial charge < -0.3 is 15.4 Å². The number of benzene rings is 1. The third kappa shape index (κ3) is 6.64. The van der Waals surface area contributed by atoms with Gasteiger partial charge in [0.05, 0.1) is 13.1 Å². The molecular formula is C17H23FIN3OS. The van der Waals surface area contributed by atoms with Gasteiger partial charge >= 0.3 is 0 Å². The first-order chi connectivity index (χ1) is 11.1. The standard InChI is InChI=1S/C17H22FN3OS.HI/c1-12(22-16-7-5-4-6-15(16)18)10-20-17(19-3)21-11-14-9-8-13(2)23-14;/h4-9,12H,10-11H2,1-3H3,(H2,19,20,21);1H. The molecule has 1 atom stereocenters. The second kappa shape index (κ2) is 10.5. The van der Waals surface area contributed by atoms with Gasteiger partial charge in [0.15, 0.2) is 17.5 Å². The van der Waals surface area contributed by atoms with Crippen LogP contribution in [0.3, 0.4) is 0 Å². The first kappa shape index (κ1) is 20.7. The number of nitrogens with one attached hydrogen (secondary N) is 2. The minimum Gasteiger partial charge on any atom is -0.486 e. The number of guanidine groups is 1. The zero-order valence-corrected chi connectivity index (χ0v) is 17.2. The maximum atomic E-state index is 13.5. The Bertz CT molecular complexity index is 663. The van der Waals surface area contributed by atoms with Crippen molar-refractivity contribution in [1.82, 2.24) is 10.6 Å². The Morgan fingerprint density at radius 1 is 1.25 bits per heavy atom. The lowest BCUT2D eigenvalue weighted by Gasteiger charge is -2.17. The van der Waals surface area contributed by atoms with Crippen molar-refractivity contribution in [1.29, 1.82) is 0 Å². The van der Waals surface area contributed by atoms with Crippen LogP contribution in [0, 0.1) is 12.7 Å². The number of ether oxygens (including phenoxy) is 1.